The second-order valence-corrected chi connectivity index (χ2v) is 11.1. The van der Waals surface area contributed by atoms with E-state index in [0.717, 1.165) is 36.5 Å². The molecular weight excluding hydrogens is 402 g/mol. The summed E-state index contributed by atoms with van der Waals surface area (Å²) in [7, 11) is 0. The summed E-state index contributed by atoms with van der Waals surface area (Å²) in [5.41, 5.74) is 0.577. The van der Waals surface area contributed by atoms with Crippen molar-refractivity contribution in [3.63, 3.8) is 0 Å². The van der Waals surface area contributed by atoms with Gasteiger partial charge in [0, 0.05) is 0 Å². The van der Waals surface area contributed by atoms with Crippen LogP contribution in [0.5, 0.6) is 5.75 Å². The summed E-state index contributed by atoms with van der Waals surface area (Å²) >= 11 is 0. The smallest absolute Gasteiger partial charge is 0.200 e. The summed E-state index contributed by atoms with van der Waals surface area (Å²) in [6, 6.07) is 3.40. The highest BCUT2D eigenvalue weighted by Gasteiger charge is 2.39. The van der Waals surface area contributed by atoms with Crippen molar-refractivity contribution in [2.75, 3.05) is 6.61 Å². The van der Waals surface area contributed by atoms with Gasteiger partial charge in [0.1, 0.15) is 0 Å². The number of unbranched alkanes of at least 4 members (excludes halogenated alkanes) is 2. The first kappa shape index (κ1) is 24.0. The lowest BCUT2D eigenvalue weighted by molar-refractivity contribution is 0.0705. The number of benzene rings is 1. The van der Waals surface area contributed by atoms with E-state index in [1.165, 1.54) is 77.0 Å². The van der Waals surface area contributed by atoms with Crippen LogP contribution < -0.4 is 4.74 Å². The number of fused-ring (bicyclic) bond motifs is 1. The predicted molar refractivity (Wildman–Crippen MR) is 128 cm³/mol. The van der Waals surface area contributed by atoms with Crippen molar-refractivity contribution in [3.8, 4) is 5.75 Å². The molecule has 4 rings (SSSR count). The number of hydrogen-bond donors (Lipinski definition) is 0. The summed E-state index contributed by atoms with van der Waals surface area (Å²) in [6.45, 7) is 4.44. The van der Waals surface area contributed by atoms with Gasteiger partial charge in [-0.1, -0.05) is 51.5 Å². The number of hydrogen-bond acceptors (Lipinski definition) is 1. The van der Waals surface area contributed by atoms with Crippen LogP contribution in [0.1, 0.15) is 115 Å². The Morgan fingerprint density at radius 3 is 2.12 bits per heavy atom. The van der Waals surface area contributed by atoms with Crippen molar-refractivity contribution in [2.45, 2.75) is 110 Å². The molecule has 0 radical (unpaired) electrons. The summed E-state index contributed by atoms with van der Waals surface area (Å²) < 4.78 is 34.4. The fourth-order valence-corrected chi connectivity index (χ4v) is 7.40. The van der Waals surface area contributed by atoms with Crippen LogP contribution >= 0.6 is 0 Å². The van der Waals surface area contributed by atoms with Crippen LogP contribution in [0, 0.1) is 41.2 Å². The third kappa shape index (κ3) is 5.50. The minimum atomic E-state index is -0.805. The van der Waals surface area contributed by atoms with Gasteiger partial charge >= 0.3 is 0 Å². The van der Waals surface area contributed by atoms with E-state index in [9.17, 15) is 8.78 Å². The quantitative estimate of drug-likeness (QED) is 0.362. The van der Waals surface area contributed by atoms with Gasteiger partial charge in [0.2, 0.25) is 5.82 Å². The average molecular weight is 447 g/mol. The van der Waals surface area contributed by atoms with Gasteiger partial charge in [0.05, 0.1) is 6.61 Å². The van der Waals surface area contributed by atoms with Crippen LogP contribution in [-0.2, 0) is 0 Å². The molecule has 3 aliphatic rings. The molecule has 0 aliphatic heterocycles. The minimum Gasteiger partial charge on any atom is -0.491 e. The van der Waals surface area contributed by atoms with Crippen LogP contribution in [0.15, 0.2) is 12.1 Å². The van der Waals surface area contributed by atoms with Crippen LogP contribution in [0.25, 0.3) is 0 Å². The Balaban J connectivity index is 1.28. The molecule has 0 N–H and O–H groups in total. The molecule has 0 bridgehead atoms. The molecule has 3 heteroatoms. The van der Waals surface area contributed by atoms with Gasteiger partial charge in [-0.15, -0.1) is 0 Å². The first-order valence-electron chi connectivity index (χ1n) is 13.7. The SMILES string of the molecule is CCCCCC1CCC(C2CCC3CC(c4ccc(OCC)c(F)c4F)CCC3C2)CC1. The molecule has 4 unspecified atom stereocenters. The van der Waals surface area contributed by atoms with E-state index in [-0.39, 0.29) is 11.7 Å². The molecule has 0 spiro atoms. The Hall–Kier alpha value is -1.12. The first-order valence-corrected chi connectivity index (χ1v) is 13.7. The van der Waals surface area contributed by atoms with Crippen LogP contribution in [0.2, 0.25) is 0 Å². The molecule has 0 amide bonds. The lowest BCUT2D eigenvalue weighted by Gasteiger charge is -2.45. The summed E-state index contributed by atoms with van der Waals surface area (Å²) in [5.74, 6) is 3.10. The molecule has 1 nitrogen and oxygen atoms in total. The summed E-state index contributed by atoms with van der Waals surface area (Å²) in [5, 5.41) is 0. The maximum atomic E-state index is 14.8. The Morgan fingerprint density at radius 1 is 0.750 bits per heavy atom. The van der Waals surface area contributed by atoms with E-state index in [0.29, 0.717) is 18.1 Å². The predicted octanol–water partition coefficient (Wildman–Crippen LogP) is 9.05. The van der Waals surface area contributed by atoms with E-state index >= 15 is 0 Å². The largest absolute Gasteiger partial charge is 0.491 e. The zero-order valence-corrected chi connectivity index (χ0v) is 20.4. The fraction of sp³-hybridized carbons (Fsp3) is 0.793. The van der Waals surface area contributed by atoms with E-state index in [4.69, 9.17) is 4.74 Å². The normalized spacial score (nSPS) is 33.0. The zero-order chi connectivity index (χ0) is 22.5. The molecule has 3 aliphatic carbocycles. The summed E-state index contributed by atoms with van der Waals surface area (Å²) in [6.07, 6.45) is 18.7. The molecule has 4 atom stereocenters. The average Bonchev–Trinajstić information content (AvgIpc) is 2.82. The van der Waals surface area contributed by atoms with Crippen molar-refractivity contribution in [1.82, 2.24) is 0 Å². The highest BCUT2D eigenvalue weighted by atomic mass is 19.2. The van der Waals surface area contributed by atoms with Crippen molar-refractivity contribution < 1.29 is 13.5 Å². The maximum Gasteiger partial charge on any atom is 0.200 e. The molecule has 3 fully saturated rings. The standard InChI is InChI=1S/C29H44F2O/c1-3-5-6-7-20-8-10-21(11-9-20)22-12-13-24-19-25(15-14-23(24)18-22)26-16-17-27(32-4-2)29(31)28(26)30/h16-17,20-25H,3-15,18-19H2,1-2H3. The van der Waals surface area contributed by atoms with Crippen LogP contribution in [-0.4, -0.2) is 6.61 Å². The Kier molecular flexibility index (Phi) is 8.51. The van der Waals surface area contributed by atoms with Gasteiger partial charge in [0.25, 0.3) is 0 Å². The molecule has 0 heterocycles. The monoisotopic (exact) mass is 446 g/mol. The third-order valence-corrected chi connectivity index (χ3v) is 9.24. The number of halogens is 2. The third-order valence-electron chi connectivity index (χ3n) is 9.24. The van der Waals surface area contributed by atoms with Crippen molar-refractivity contribution in [1.29, 1.82) is 0 Å². The number of rotatable bonds is 8. The minimum absolute atomic E-state index is 0.0445. The van der Waals surface area contributed by atoms with Crippen molar-refractivity contribution in [2.24, 2.45) is 29.6 Å². The lowest BCUT2D eigenvalue weighted by atomic mass is 9.60. The van der Waals surface area contributed by atoms with E-state index in [1.807, 2.05) is 0 Å². The van der Waals surface area contributed by atoms with Gasteiger partial charge in [0.15, 0.2) is 11.6 Å². The van der Waals surface area contributed by atoms with Crippen LogP contribution in [0.4, 0.5) is 8.78 Å². The van der Waals surface area contributed by atoms with Crippen LogP contribution in [0.3, 0.4) is 0 Å². The molecule has 32 heavy (non-hydrogen) atoms. The molecule has 0 saturated heterocycles. The zero-order valence-electron chi connectivity index (χ0n) is 20.4. The van der Waals surface area contributed by atoms with Gasteiger partial charge in [-0.2, -0.15) is 4.39 Å². The molecule has 3 saturated carbocycles. The van der Waals surface area contributed by atoms with Gasteiger partial charge in [-0.3, -0.25) is 0 Å². The highest BCUT2D eigenvalue weighted by Crippen LogP contribution is 2.51. The van der Waals surface area contributed by atoms with Gasteiger partial charge in [-0.05, 0) is 105 Å². The van der Waals surface area contributed by atoms with E-state index < -0.39 is 11.6 Å². The topological polar surface area (TPSA) is 9.23 Å². The molecular formula is C29H44F2O. The number of ether oxygens (including phenoxy) is 1. The Bertz CT molecular complexity index is 724. The van der Waals surface area contributed by atoms with E-state index in [2.05, 4.69) is 6.92 Å². The molecule has 180 valence electrons. The van der Waals surface area contributed by atoms with Crippen molar-refractivity contribution in [3.05, 3.63) is 29.3 Å². The van der Waals surface area contributed by atoms with Gasteiger partial charge in [-0.25, -0.2) is 4.39 Å². The van der Waals surface area contributed by atoms with E-state index in [1.54, 1.807) is 19.1 Å². The first-order chi connectivity index (χ1) is 15.6. The molecule has 1 aromatic rings. The lowest BCUT2D eigenvalue weighted by Crippen LogP contribution is -2.34. The second kappa shape index (κ2) is 11.3. The second-order valence-electron chi connectivity index (χ2n) is 11.1. The fourth-order valence-electron chi connectivity index (χ4n) is 7.40. The maximum absolute atomic E-state index is 14.8. The molecule has 0 aromatic heterocycles. The Labute approximate surface area is 194 Å². The Morgan fingerprint density at radius 2 is 1.41 bits per heavy atom. The van der Waals surface area contributed by atoms with Crippen molar-refractivity contribution >= 4 is 0 Å². The molecule has 1 aromatic carbocycles. The van der Waals surface area contributed by atoms with Gasteiger partial charge < -0.3 is 4.74 Å². The highest BCUT2D eigenvalue weighted by molar-refractivity contribution is 5.33. The summed E-state index contributed by atoms with van der Waals surface area (Å²) in [4.78, 5) is 0.